The van der Waals surface area contributed by atoms with Gasteiger partial charge >= 0.3 is 0 Å². The van der Waals surface area contributed by atoms with Crippen molar-refractivity contribution in [2.75, 3.05) is 12.4 Å². The highest BCUT2D eigenvalue weighted by Gasteiger charge is 2.27. The number of piperidine rings is 1. The van der Waals surface area contributed by atoms with Crippen molar-refractivity contribution in [1.82, 2.24) is 9.88 Å². The number of likely N-dealkylation sites (tertiary alicyclic amines) is 1. The number of nitrogens with zero attached hydrogens (tertiary/aromatic N) is 1. The molecule has 1 atom stereocenters. The van der Waals surface area contributed by atoms with Crippen LogP contribution in [0.5, 0.6) is 0 Å². The van der Waals surface area contributed by atoms with E-state index in [1.807, 2.05) is 0 Å². The molecule has 2 rings (SSSR count). The van der Waals surface area contributed by atoms with Crippen LogP contribution >= 0.6 is 11.6 Å². The normalized spacial score (nSPS) is 20.3. The molecule has 1 saturated heterocycles. The van der Waals surface area contributed by atoms with Crippen molar-refractivity contribution in [3.63, 3.8) is 0 Å². The lowest BCUT2D eigenvalue weighted by Gasteiger charge is -2.34. The van der Waals surface area contributed by atoms with E-state index in [4.69, 9.17) is 11.6 Å². The lowest BCUT2D eigenvalue weighted by molar-refractivity contribution is 0.0633. The maximum Gasteiger partial charge on any atom is 0.270 e. The third-order valence-corrected chi connectivity index (χ3v) is 3.42. The molecule has 1 amide bonds. The Hall–Kier alpha value is -1.29. The number of carbonyl (C=O) groups excluding carboxylic acids is 1. The van der Waals surface area contributed by atoms with Crippen LogP contribution in [0.15, 0.2) is 23.0 Å². The highest BCUT2D eigenvalue weighted by molar-refractivity contribution is 6.18. The van der Waals surface area contributed by atoms with E-state index in [9.17, 15) is 9.59 Å². The van der Waals surface area contributed by atoms with Gasteiger partial charge in [-0.1, -0.05) is 6.07 Å². The number of carbonyl (C=O) groups is 1. The van der Waals surface area contributed by atoms with Crippen LogP contribution in [0, 0.1) is 0 Å². The molecule has 1 fully saturated rings. The summed E-state index contributed by atoms with van der Waals surface area (Å²) in [5.74, 6) is 0.316. The van der Waals surface area contributed by atoms with Crippen LogP contribution in [0.3, 0.4) is 0 Å². The minimum Gasteiger partial charge on any atom is -0.333 e. The number of hydrogen-bond acceptors (Lipinski definition) is 2. The van der Waals surface area contributed by atoms with Gasteiger partial charge in [0.15, 0.2) is 0 Å². The van der Waals surface area contributed by atoms with Crippen molar-refractivity contribution in [1.29, 1.82) is 0 Å². The van der Waals surface area contributed by atoms with Crippen LogP contribution in [-0.4, -0.2) is 34.3 Å². The third kappa shape index (κ3) is 2.69. The van der Waals surface area contributed by atoms with Crippen LogP contribution in [0.25, 0.3) is 0 Å². The number of pyridine rings is 1. The number of rotatable bonds is 2. The molecule has 1 aromatic heterocycles. The van der Waals surface area contributed by atoms with E-state index in [1.165, 1.54) is 6.07 Å². The van der Waals surface area contributed by atoms with Crippen LogP contribution < -0.4 is 5.56 Å². The highest BCUT2D eigenvalue weighted by atomic mass is 35.5. The third-order valence-electron chi connectivity index (χ3n) is 3.06. The Kier molecular flexibility index (Phi) is 3.84. The first-order chi connectivity index (χ1) is 8.22. The number of amides is 1. The largest absolute Gasteiger partial charge is 0.333 e. The van der Waals surface area contributed by atoms with Crippen molar-refractivity contribution in [2.45, 2.75) is 25.3 Å². The fourth-order valence-electron chi connectivity index (χ4n) is 2.16. The molecule has 92 valence electrons. The molecule has 1 aliphatic heterocycles. The molecule has 1 aromatic rings. The van der Waals surface area contributed by atoms with Crippen LogP contribution in [0.2, 0.25) is 0 Å². The quantitative estimate of drug-likeness (QED) is 0.816. The summed E-state index contributed by atoms with van der Waals surface area (Å²) in [7, 11) is 0. The molecule has 0 aromatic carbocycles. The lowest BCUT2D eigenvalue weighted by Crippen LogP contribution is -2.45. The first-order valence-electron chi connectivity index (χ1n) is 5.78. The van der Waals surface area contributed by atoms with Crippen molar-refractivity contribution in [3.05, 3.63) is 34.2 Å². The fraction of sp³-hybridized carbons (Fsp3) is 0.500. The van der Waals surface area contributed by atoms with Crippen LogP contribution in [-0.2, 0) is 0 Å². The Morgan fingerprint density at radius 2 is 2.29 bits per heavy atom. The summed E-state index contributed by atoms with van der Waals surface area (Å²) < 4.78 is 0. The average molecular weight is 255 g/mol. The molecule has 1 N–H and O–H groups in total. The zero-order valence-corrected chi connectivity index (χ0v) is 10.2. The summed E-state index contributed by atoms with van der Waals surface area (Å²) in [6, 6.07) is 4.70. The van der Waals surface area contributed by atoms with Gasteiger partial charge in [-0.3, -0.25) is 9.59 Å². The summed E-state index contributed by atoms with van der Waals surface area (Å²) in [6.07, 6.45) is 3.04. The van der Waals surface area contributed by atoms with E-state index >= 15 is 0 Å². The second kappa shape index (κ2) is 5.36. The van der Waals surface area contributed by atoms with Crippen molar-refractivity contribution in [3.8, 4) is 0 Å². The monoisotopic (exact) mass is 254 g/mol. The molecule has 2 heterocycles. The molecular formula is C12H15ClN2O2. The van der Waals surface area contributed by atoms with E-state index in [2.05, 4.69) is 4.98 Å². The van der Waals surface area contributed by atoms with Gasteiger partial charge in [0, 0.05) is 24.5 Å². The number of aromatic nitrogens is 1. The summed E-state index contributed by atoms with van der Waals surface area (Å²) >= 11 is 5.87. The minimum atomic E-state index is -0.254. The van der Waals surface area contributed by atoms with Gasteiger partial charge in [-0.05, 0) is 25.3 Å². The zero-order valence-electron chi connectivity index (χ0n) is 9.49. The van der Waals surface area contributed by atoms with Gasteiger partial charge in [0.25, 0.3) is 5.91 Å². The van der Waals surface area contributed by atoms with Gasteiger partial charge < -0.3 is 9.88 Å². The first kappa shape index (κ1) is 12.2. The molecule has 0 bridgehead atoms. The maximum atomic E-state index is 12.2. The number of halogens is 1. The second-order valence-corrected chi connectivity index (χ2v) is 4.54. The molecule has 0 radical (unpaired) electrons. The Morgan fingerprint density at radius 3 is 3.00 bits per heavy atom. The molecule has 17 heavy (non-hydrogen) atoms. The Morgan fingerprint density at radius 1 is 1.47 bits per heavy atom. The molecular weight excluding hydrogens is 240 g/mol. The van der Waals surface area contributed by atoms with Gasteiger partial charge in [0.2, 0.25) is 5.56 Å². The van der Waals surface area contributed by atoms with Crippen molar-refractivity contribution >= 4 is 17.5 Å². The number of alkyl halides is 1. The molecule has 5 heteroatoms. The molecule has 1 aliphatic rings. The van der Waals surface area contributed by atoms with Crippen molar-refractivity contribution < 1.29 is 4.79 Å². The molecule has 1 unspecified atom stereocenters. The Balaban J connectivity index is 2.21. The Bertz CT molecular complexity index is 458. The number of nitrogens with one attached hydrogen (secondary N) is 1. The van der Waals surface area contributed by atoms with E-state index in [1.54, 1.807) is 17.0 Å². The average Bonchev–Trinajstić information content (AvgIpc) is 2.38. The number of H-pyrrole nitrogens is 1. The topological polar surface area (TPSA) is 53.2 Å². The summed E-state index contributed by atoms with van der Waals surface area (Å²) in [4.78, 5) is 27.7. The predicted octanol–water partition coefficient (Wildman–Crippen LogP) is 1.61. The maximum absolute atomic E-state index is 12.2. The van der Waals surface area contributed by atoms with Gasteiger partial charge in [-0.25, -0.2) is 0 Å². The smallest absolute Gasteiger partial charge is 0.270 e. The van der Waals surface area contributed by atoms with Gasteiger partial charge in [0.1, 0.15) is 5.69 Å². The molecule has 4 nitrogen and oxygen atoms in total. The predicted molar refractivity (Wildman–Crippen MR) is 66.5 cm³/mol. The highest BCUT2D eigenvalue weighted by Crippen LogP contribution is 2.19. The number of aromatic amines is 1. The second-order valence-electron chi connectivity index (χ2n) is 4.23. The Labute approximate surface area is 105 Å². The molecule has 0 spiro atoms. The minimum absolute atomic E-state index is 0.0848. The van der Waals surface area contributed by atoms with E-state index in [-0.39, 0.29) is 17.5 Å². The SMILES string of the molecule is O=C(c1cccc(=O)[nH]1)N1CCCCC1CCl. The summed E-state index contributed by atoms with van der Waals surface area (Å²) in [5.41, 5.74) is 0.0878. The zero-order chi connectivity index (χ0) is 12.3. The first-order valence-corrected chi connectivity index (χ1v) is 6.32. The lowest BCUT2D eigenvalue weighted by atomic mass is 10.0. The molecule has 0 saturated carbocycles. The summed E-state index contributed by atoms with van der Waals surface area (Å²) in [6.45, 7) is 0.715. The van der Waals surface area contributed by atoms with E-state index < -0.39 is 0 Å². The number of hydrogen-bond donors (Lipinski definition) is 1. The summed E-state index contributed by atoms with van der Waals surface area (Å²) in [5, 5.41) is 0. The van der Waals surface area contributed by atoms with Crippen molar-refractivity contribution in [2.24, 2.45) is 0 Å². The van der Waals surface area contributed by atoms with E-state index in [0.29, 0.717) is 18.1 Å². The van der Waals surface area contributed by atoms with Crippen LogP contribution in [0.4, 0.5) is 0 Å². The standard InChI is InChI=1S/C12H15ClN2O2/c13-8-9-4-1-2-7-15(9)12(17)10-5-3-6-11(16)14-10/h3,5-6,9H,1-2,4,7-8H2,(H,14,16). The van der Waals surface area contributed by atoms with Crippen LogP contribution in [0.1, 0.15) is 29.8 Å². The van der Waals surface area contributed by atoms with Gasteiger partial charge in [0.05, 0.1) is 0 Å². The van der Waals surface area contributed by atoms with E-state index in [0.717, 1.165) is 19.3 Å². The fourth-order valence-corrected chi connectivity index (χ4v) is 2.48. The van der Waals surface area contributed by atoms with Gasteiger partial charge in [-0.15, -0.1) is 11.6 Å². The van der Waals surface area contributed by atoms with Gasteiger partial charge in [-0.2, -0.15) is 0 Å². The molecule has 0 aliphatic carbocycles.